The molecule has 3 aromatic rings. The van der Waals surface area contributed by atoms with Crippen molar-refractivity contribution in [2.24, 2.45) is 0 Å². The molecule has 0 amide bonds. The maximum atomic E-state index is 6.10. The quantitative estimate of drug-likeness (QED) is 0.670. The number of fused-ring (bicyclic) bond motifs is 1. The van der Waals surface area contributed by atoms with E-state index in [1.165, 1.54) is 0 Å². The molecular formula is C19H20N2O. The number of aromatic nitrogens is 1. The lowest BCUT2D eigenvalue weighted by atomic mass is 10.2. The summed E-state index contributed by atoms with van der Waals surface area (Å²) in [5.74, 6) is 2.52. The first-order valence-electron chi connectivity index (χ1n) is 7.69. The maximum Gasteiger partial charge on any atom is 0.172 e. The van der Waals surface area contributed by atoms with E-state index in [9.17, 15) is 0 Å². The van der Waals surface area contributed by atoms with Crippen LogP contribution in [-0.2, 0) is 0 Å². The van der Waals surface area contributed by atoms with Crippen LogP contribution in [-0.4, -0.2) is 18.1 Å². The topological polar surface area (TPSA) is 25.4 Å². The van der Waals surface area contributed by atoms with E-state index in [0.29, 0.717) is 0 Å². The predicted octanol–water partition coefficient (Wildman–Crippen LogP) is 4.87. The minimum absolute atomic E-state index is 0.800. The Morgan fingerprint density at radius 2 is 1.59 bits per heavy atom. The van der Waals surface area contributed by atoms with E-state index in [4.69, 9.17) is 9.72 Å². The van der Waals surface area contributed by atoms with Crippen molar-refractivity contribution in [2.45, 2.75) is 13.8 Å². The van der Waals surface area contributed by atoms with Crippen molar-refractivity contribution in [3.63, 3.8) is 0 Å². The Balaban J connectivity index is 2.10. The number of para-hydroxylation sites is 2. The highest BCUT2D eigenvalue weighted by atomic mass is 16.5. The van der Waals surface area contributed by atoms with Gasteiger partial charge in [-0.1, -0.05) is 36.4 Å². The van der Waals surface area contributed by atoms with Gasteiger partial charge < -0.3 is 9.64 Å². The molecule has 0 aliphatic carbocycles. The molecule has 0 unspecified atom stereocenters. The fraction of sp³-hybridized carbons (Fsp3) is 0.211. The zero-order chi connectivity index (χ0) is 15.4. The number of hydrogen-bond donors (Lipinski definition) is 0. The molecule has 112 valence electrons. The predicted molar refractivity (Wildman–Crippen MR) is 91.8 cm³/mol. The largest absolute Gasteiger partial charge is 0.453 e. The summed E-state index contributed by atoms with van der Waals surface area (Å²) >= 11 is 0. The highest BCUT2D eigenvalue weighted by Crippen LogP contribution is 2.33. The number of anilines is 1. The Morgan fingerprint density at radius 1 is 0.909 bits per heavy atom. The Morgan fingerprint density at radius 3 is 2.32 bits per heavy atom. The van der Waals surface area contributed by atoms with E-state index in [0.717, 1.165) is 41.3 Å². The molecule has 0 saturated carbocycles. The van der Waals surface area contributed by atoms with Crippen LogP contribution in [0.1, 0.15) is 13.8 Å². The summed E-state index contributed by atoms with van der Waals surface area (Å²) < 4.78 is 6.10. The highest BCUT2D eigenvalue weighted by molar-refractivity contribution is 5.83. The molecule has 0 radical (unpaired) electrons. The average Bonchev–Trinajstić information content (AvgIpc) is 2.57. The minimum Gasteiger partial charge on any atom is -0.453 e. The second-order valence-corrected chi connectivity index (χ2v) is 5.09. The molecule has 0 atom stereocenters. The SMILES string of the molecule is CCN(CC)c1nc2ccccc2cc1Oc1ccccc1. The number of pyridine rings is 1. The van der Waals surface area contributed by atoms with Crippen LogP contribution >= 0.6 is 0 Å². The van der Waals surface area contributed by atoms with Crippen molar-refractivity contribution in [2.75, 3.05) is 18.0 Å². The first-order valence-corrected chi connectivity index (χ1v) is 7.69. The van der Waals surface area contributed by atoms with Crippen LogP contribution in [0.25, 0.3) is 10.9 Å². The zero-order valence-corrected chi connectivity index (χ0v) is 13.0. The second kappa shape index (κ2) is 6.48. The highest BCUT2D eigenvalue weighted by Gasteiger charge is 2.14. The van der Waals surface area contributed by atoms with E-state index in [-0.39, 0.29) is 0 Å². The first kappa shape index (κ1) is 14.4. The molecule has 3 heteroatoms. The number of rotatable bonds is 5. The van der Waals surface area contributed by atoms with Crippen molar-refractivity contribution in [1.82, 2.24) is 4.98 Å². The van der Waals surface area contributed by atoms with Gasteiger partial charge in [0, 0.05) is 18.5 Å². The molecule has 1 heterocycles. The molecule has 0 fully saturated rings. The van der Waals surface area contributed by atoms with Gasteiger partial charge in [0.15, 0.2) is 11.6 Å². The molecule has 0 spiro atoms. The molecule has 0 aliphatic rings. The summed E-state index contributed by atoms with van der Waals surface area (Å²) in [7, 11) is 0. The molecule has 3 rings (SSSR count). The summed E-state index contributed by atoms with van der Waals surface area (Å²) in [5, 5.41) is 1.09. The molecule has 2 aromatic carbocycles. The van der Waals surface area contributed by atoms with Gasteiger partial charge >= 0.3 is 0 Å². The van der Waals surface area contributed by atoms with E-state index in [1.54, 1.807) is 0 Å². The Kier molecular flexibility index (Phi) is 4.24. The number of hydrogen-bond acceptors (Lipinski definition) is 3. The van der Waals surface area contributed by atoms with Gasteiger partial charge in [0.2, 0.25) is 0 Å². The smallest absolute Gasteiger partial charge is 0.172 e. The Labute approximate surface area is 131 Å². The fourth-order valence-corrected chi connectivity index (χ4v) is 2.53. The zero-order valence-electron chi connectivity index (χ0n) is 13.0. The molecule has 0 saturated heterocycles. The Hall–Kier alpha value is -2.55. The van der Waals surface area contributed by atoms with E-state index < -0.39 is 0 Å². The molecule has 0 aliphatic heterocycles. The van der Waals surface area contributed by atoms with Gasteiger partial charge in [-0.3, -0.25) is 0 Å². The number of nitrogens with zero attached hydrogens (tertiary/aromatic N) is 2. The third-order valence-corrected chi connectivity index (χ3v) is 3.70. The van der Waals surface area contributed by atoms with Crippen molar-refractivity contribution < 1.29 is 4.74 Å². The van der Waals surface area contributed by atoms with E-state index >= 15 is 0 Å². The fourth-order valence-electron chi connectivity index (χ4n) is 2.53. The van der Waals surface area contributed by atoms with Gasteiger partial charge in [-0.15, -0.1) is 0 Å². The molecule has 0 N–H and O–H groups in total. The molecule has 1 aromatic heterocycles. The Bertz CT molecular complexity index is 752. The molecule has 3 nitrogen and oxygen atoms in total. The normalized spacial score (nSPS) is 10.6. The second-order valence-electron chi connectivity index (χ2n) is 5.09. The van der Waals surface area contributed by atoms with Crippen LogP contribution in [0.5, 0.6) is 11.5 Å². The number of benzene rings is 2. The van der Waals surface area contributed by atoms with Crippen molar-refractivity contribution in [3.8, 4) is 11.5 Å². The standard InChI is InChI=1S/C19H20N2O/c1-3-21(4-2)19-18(22-16-11-6-5-7-12-16)14-15-10-8-9-13-17(15)20-19/h5-14H,3-4H2,1-2H3. The van der Waals surface area contributed by atoms with Crippen LogP contribution in [0.3, 0.4) is 0 Å². The summed E-state index contributed by atoms with van der Waals surface area (Å²) in [5.41, 5.74) is 0.991. The third-order valence-electron chi connectivity index (χ3n) is 3.70. The van der Waals surface area contributed by atoms with Gasteiger partial charge in [0.25, 0.3) is 0 Å². The van der Waals surface area contributed by atoms with Gasteiger partial charge in [-0.05, 0) is 38.1 Å². The monoisotopic (exact) mass is 292 g/mol. The van der Waals surface area contributed by atoms with Crippen LogP contribution in [0.15, 0.2) is 60.7 Å². The van der Waals surface area contributed by atoms with E-state index in [2.05, 4.69) is 30.9 Å². The third kappa shape index (κ3) is 2.89. The van der Waals surface area contributed by atoms with Gasteiger partial charge in [0.1, 0.15) is 5.75 Å². The molecule has 0 bridgehead atoms. The lowest BCUT2D eigenvalue weighted by Gasteiger charge is -2.23. The summed E-state index contributed by atoms with van der Waals surface area (Å²) in [6, 6.07) is 20.1. The number of ether oxygens (including phenoxy) is 1. The van der Waals surface area contributed by atoms with Crippen LogP contribution in [0.2, 0.25) is 0 Å². The lowest BCUT2D eigenvalue weighted by molar-refractivity contribution is 0.480. The molecule has 22 heavy (non-hydrogen) atoms. The first-order chi connectivity index (χ1) is 10.8. The van der Waals surface area contributed by atoms with Crippen LogP contribution < -0.4 is 9.64 Å². The minimum atomic E-state index is 0.800. The maximum absolute atomic E-state index is 6.10. The van der Waals surface area contributed by atoms with Crippen LogP contribution in [0, 0.1) is 0 Å². The van der Waals surface area contributed by atoms with Crippen molar-refractivity contribution in [3.05, 3.63) is 60.7 Å². The van der Waals surface area contributed by atoms with Gasteiger partial charge in [-0.25, -0.2) is 4.98 Å². The lowest BCUT2D eigenvalue weighted by Crippen LogP contribution is -2.23. The summed E-state index contributed by atoms with van der Waals surface area (Å²) in [6.45, 7) is 6.05. The average molecular weight is 292 g/mol. The van der Waals surface area contributed by atoms with Crippen LogP contribution in [0.4, 0.5) is 5.82 Å². The molecular weight excluding hydrogens is 272 g/mol. The van der Waals surface area contributed by atoms with Crippen molar-refractivity contribution >= 4 is 16.7 Å². The van der Waals surface area contributed by atoms with E-state index in [1.807, 2.05) is 48.5 Å². The summed E-state index contributed by atoms with van der Waals surface area (Å²) in [4.78, 5) is 7.03. The van der Waals surface area contributed by atoms with Crippen molar-refractivity contribution in [1.29, 1.82) is 0 Å². The van der Waals surface area contributed by atoms with Gasteiger partial charge in [-0.2, -0.15) is 0 Å². The van der Waals surface area contributed by atoms with Gasteiger partial charge in [0.05, 0.1) is 5.52 Å². The summed E-state index contributed by atoms with van der Waals surface area (Å²) in [6.07, 6.45) is 0.